The van der Waals surface area contributed by atoms with Crippen LogP contribution < -0.4 is 0 Å². The van der Waals surface area contributed by atoms with Gasteiger partial charge in [0, 0.05) is 0 Å². The van der Waals surface area contributed by atoms with E-state index in [1.807, 2.05) is 6.55 Å². The van der Waals surface area contributed by atoms with E-state index < -0.39 is 6.69 Å². The van der Waals surface area contributed by atoms with Gasteiger partial charge in [-0.1, -0.05) is 23.8 Å². The topological polar surface area (TPSA) is 0 Å². The fourth-order valence-electron chi connectivity index (χ4n) is 1.30. The zero-order valence-corrected chi connectivity index (χ0v) is 9.83. The van der Waals surface area contributed by atoms with Gasteiger partial charge in [-0.15, -0.1) is 22.2 Å². The molecule has 0 aromatic heterocycles. The minimum Gasteiger partial charge on any atom is -0.146 e. The smallest absolute Gasteiger partial charge is 0.146 e. The predicted octanol–water partition coefficient (Wildman–Crippen LogP) is 4.20. The monoisotopic (exact) mass is 220 g/mol. The van der Waals surface area contributed by atoms with Gasteiger partial charge in [-0.3, -0.25) is 0 Å². The average Bonchev–Trinajstić information content (AvgIpc) is 2.36. The molecule has 0 radical (unpaired) electrons. The first-order chi connectivity index (χ1) is 5.58. The highest BCUT2D eigenvalue weighted by Gasteiger charge is 2.19. The van der Waals surface area contributed by atoms with Crippen LogP contribution in [0.2, 0.25) is 12.6 Å². The Morgan fingerprint density at radius 1 is 1.50 bits per heavy atom. The summed E-state index contributed by atoms with van der Waals surface area (Å²) in [7, 11) is 0. The molecule has 0 N–H and O–H groups in total. The van der Waals surface area contributed by atoms with Crippen LogP contribution in [0.25, 0.3) is 0 Å². The third-order valence-electron chi connectivity index (χ3n) is 1.96. The Balaban J connectivity index is 2.11. The third-order valence-corrected chi connectivity index (χ3v) is 4.33. The SMILES string of the molecule is C[Si](Cl)(Cl)CCCC1=CC=CC1. The Morgan fingerprint density at radius 3 is 2.75 bits per heavy atom. The average molecular weight is 221 g/mol. The van der Waals surface area contributed by atoms with Gasteiger partial charge in [-0.2, -0.15) is 0 Å². The molecule has 0 heterocycles. The van der Waals surface area contributed by atoms with Crippen LogP contribution in [0, 0.1) is 0 Å². The summed E-state index contributed by atoms with van der Waals surface area (Å²) in [5.74, 6) is 0. The molecule has 0 saturated carbocycles. The van der Waals surface area contributed by atoms with Crippen LogP contribution in [0.1, 0.15) is 19.3 Å². The van der Waals surface area contributed by atoms with E-state index in [1.54, 1.807) is 0 Å². The van der Waals surface area contributed by atoms with Crippen LogP contribution in [0.5, 0.6) is 0 Å². The Kier molecular flexibility index (Phi) is 3.88. The fraction of sp³-hybridized carbons (Fsp3) is 0.556. The van der Waals surface area contributed by atoms with Crippen molar-refractivity contribution in [3.05, 3.63) is 23.8 Å². The van der Waals surface area contributed by atoms with Gasteiger partial charge in [-0.25, -0.2) is 0 Å². The Bertz CT molecular complexity index is 201. The molecule has 0 unspecified atom stereocenters. The predicted molar refractivity (Wildman–Crippen MR) is 59.2 cm³/mol. The second kappa shape index (κ2) is 4.50. The molecule has 0 fully saturated rings. The van der Waals surface area contributed by atoms with E-state index in [9.17, 15) is 0 Å². The first kappa shape index (κ1) is 10.4. The van der Waals surface area contributed by atoms with Crippen molar-refractivity contribution in [3.63, 3.8) is 0 Å². The van der Waals surface area contributed by atoms with Gasteiger partial charge in [0.1, 0.15) is 0 Å². The van der Waals surface area contributed by atoms with Crippen LogP contribution >= 0.6 is 22.2 Å². The molecule has 0 spiro atoms. The summed E-state index contributed by atoms with van der Waals surface area (Å²) in [4.78, 5) is 0. The number of rotatable bonds is 4. The number of halogens is 2. The van der Waals surface area contributed by atoms with Crippen LogP contribution in [-0.2, 0) is 0 Å². The van der Waals surface area contributed by atoms with Gasteiger partial charge in [0.2, 0.25) is 6.69 Å². The van der Waals surface area contributed by atoms with Gasteiger partial charge >= 0.3 is 0 Å². The molecule has 0 atom stereocenters. The second-order valence-corrected chi connectivity index (χ2v) is 11.6. The molecule has 3 heteroatoms. The zero-order valence-electron chi connectivity index (χ0n) is 7.32. The molecule has 0 aromatic carbocycles. The van der Waals surface area contributed by atoms with Crippen molar-refractivity contribution in [2.75, 3.05) is 0 Å². The van der Waals surface area contributed by atoms with Crippen LogP contribution in [0.4, 0.5) is 0 Å². The van der Waals surface area contributed by atoms with Gasteiger partial charge in [0.05, 0.1) is 0 Å². The molecular formula is C9H14Cl2Si. The standard InChI is InChI=1S/C9H14Cl2Si/c1-12(10,11)8-4-7-9-5-2-3-6-9/h2-3,5H,4,6-8H2,1H3. The molecule has 1 aliphatic carbocycles. The summed E-state index contributed by atoms with van der Waals surface area (Å²) in [5.41, 5.74) is 1.52. The number of hydrogen-bond acceptors (Lipinski definition) is 0. The number of allylic oxidation sites excluding steroid dienone is 4. The maximum Gasteiger partial charge on any atom is 0.248 e. The van der Waals surface area contributed by atoms with Gasteiger partial charge < -0.3 is 0 Å². The quantitative estimate of drug-likeness (QED) is 0.493. The first-order valence-electron chi connectivity index (χ1n) is 4.30. The fourth-order valence-corrected chi connectivity index (χ4v) is 2.90. The summed E-state index contributed by atoms with van der Waals surface area (Å²) < 4.78 is 0. The van der Waals surface area contributed by atoms with Crippen molar-refractivity contribution in [1.29, 1.82) is 0 Å². The highest BCUT2D eigenvalue weighted by Crippen LogP contribution is 2.25. The summed E-state index contributed by atoms with van der Waals surface area (Å²) in [6, 6.07) is 1.01. The molecular weight excluding hydrogens is 207 g/mol. The number of hydrogen-bond donors (Lipinski definition) is 0. The minimum absolute atomic E-state index is 1.01. The lowest BCUT2D eigenvalue weighted by Gasteiger charge is -2.09. The Labute approximate surface area is 84.7 Å². The highest BCUT2D eigenvalue weighted by molar-refractivity contribution is 7.44. The lowest BCUT2D eigenvalue weighted by molar-refractivity contribution is 0.879. The third kappa shape index (κ3) is 4.34. The highest BCUT2D eigenvalue weighted by atomic mass is 35.7. The van der Waals surface area contributed by atoms with Gasteiger partial charge in [0.15, 0.2) is 0 Å². The van der Waals surface area contributed by atoms with Crippen molar-refractivity contribution in [3.8, 4) is 0 Å². The molecule has 0 aliphatic heterocycles. The molecule has 12 heavy (non-hydrogen) atoms. The van der Waals surface area contributed by atoms with Crippen molar-refractivity contribution >= 4 is 28.9 Å². The molecule has 0 saturated heterocycles. The van der Waals surface area contributed by atoms with E-state index in [-0.39, 0.29) is 0 Å². The molecule has 1 aliphatic rings. The summed E-state index contributed by atoms with van der Waals surface area (Å²) in [5, 5.41) is 0. The van der Waals surface area contributed by atoms with Crippen LogP contribution in [0.3, 0.4) is 0 Å². The largest absolute Gasteiger partial charge is 0.248 e. The van der Waals surface area contributed by atoms with E-state index in [1.165, 1.54) is 5.57 Å². The van der Waals surface area contributed by atoms with Crippen LogP contribution in [-0.4, -0.2) is 6.69 Å². The zero-order chi connectivity index (χ0) is 9.03. The summed E-state index contributed by atoms with van der Waals surface area (Å²) in [6.07, 6.45) is 9.93. The van der Waals surface area contributed by atoms with E-state index in [4.69, 9.17) is 22.2 Å². The second-order valence-electron chi connectivity index (χ2n) is 3.38. The Morgan fingerprint density at radius 2 is 2.25 bits per heavy atom. The maximum atomic E-state index is 5.99. The van der Waals surface area contributed by atoms with Crippen molar-refractivity contribution < 1.29 is 0 Å². The van der Waals surface area contributed by atoms with E-state index in [2.05, 4.69) is 18.2 Å². The van der Waals surface area contributed by atoms with E-state index >= 15 is 0 Å². The van der Waals surface area contributed by atoms with Gasteiger partial charge in [-0.05, 0) is 31.9 Å². The normalized spacial score (nSPS) is 16.8. The molecule has 0 aromatic rings. The lowest BCUT2D eigenvalue weighted by atomic mass is 10.1. The first-order valence-corrected chi connectivity index (χ1v) is 9.03. The molecule has 0 amide bonds. The maximum absolute atomic E-state index is 5.99. The van der Waals surface area contributed by atoms with E-state index in [0.29, 0.717) is 0 Å². The summed E-state index contributed by atoms with van der Waals surface area (Å²) >= 11 is 12.0. The molecule has 0 nitrogen and oxygen atoms in total. The van der Waals surface area contributed by atoms with Crippen molar-refractivity contribution in [1.82, 2.24) is 0 Å². The Hall–Kier alpha value is 0.277. The molecule has 0 bridgehead atoms. The van der Waals surface area contributed by atoms with Crippen molar-refractivity contribution in [2.45, 2.75) is 31.9 Å². The van der Waals surface area contributed by atoms with Crippen LogP contribution in [0.15, 0.2) is 23.8 Å². The molecule has 1 rings (SSSR count). The lowest BCUT2D eigenvalue weighted by Crippen LogP contribution is -2.11. The van der Waals surface area contributed by atoms with Gasteiger partial charge in [0.25, 0.3) is 0 Å². The molecule has 68 valence electrons. The van der Waals surface area contributed by atoms with Crippen molar-refractivity contribution in [2.24, 2.45) is 0 Å². The minimum atomic E-state index is -1.83. The van der Waals surface area contributed by atoms with E-state index in [0.717, 1.165) is 25.3 Å². The summed E-state index contributed by atoms with van der Waals surface area (Å²) in [6.45, 7) is 0.151.